The second-order valence-corrected chi connectivity index (χ2v) is 5.55. The summed E-state index contributed by atoms with van der Waals surface area (Å²) >= 11 is 0. The van der Waals surface area contributed by atoms with E-state index in [2.05, 4.69) is 34.7 Å². The number of hydrazine groups is 1. The van der Waals surface area contributed by atoms with E-state index in [1.807, 2.05) is 12.4 Å². The van der Waals surface area contributed by atoms with E-state index in [0.29, 0.717) is 0 Å². The molecular formula is C16H21N3. The molecular weight excluding hydrogens is 234 g/mol. The fraction of sp³-hybridized carbons (Fsp3) is 0.438. The summed E-state index contributed by atoms with van der Waals surface area (Å²) in [5.41, 5.74) is 4.32. The molecule has 3 heteroatoms. The van der Waals surface area contributed by atoms with Crippen LogP contribution in [0.3, 0.4) is 0 Å². The fourth-order valence-electron chi connectivity index (χ4n) is 3.32. The molecule has 3 N–H and O–H groups in total. The summed E-state index contributed by atoms with van der Waals surface area (Å²) in [6.45, 7) is 0. The predicted octanol–water partition coefficient (Wildman–Crippen LogP) is 3.32. The van der Waals surface area contributed by atoms with Crippen molar-refractivity contribution in [2.75, 3.05) is 0 Å². The number of nitrogens with zero attached hydrogens (tertiary/aromatic N) is 1. The minimum Gasteiger partial charge on any atom is -0.271 e. The Kier molecular flexibility index (Phi) is 3.76. The van der Waals surface area contributed by atoms with Crippen LogP contribution in [0, 0.1) is 5.92 Å². The van der Waals surface area contributed by atoms with Crippen LogP contribution in [0.4, 0.5) is 0 Å². The van der Waals surface area contributed by atoms with E-state index in [4.69, 9.17) is 5.84 Å². The number of nitrogens with two attached hydrogens (primary N) is 1. The topological polar surface area (TPSA) is 50.9 Å². The molecule has 0 saturated heterocycles. The lowest BCUT2D eigenvalue weighted by molar-refractivity contribution is 0.402. The lowest BCUT2D eigenvalue weighted by Crippen LogP contribution is -2.29. The number of aromatic nitrogens is 1. The van der Waals surface area contributed by atoms with Gasteiger partial charge >= 0.3 is 0 Å². The second-order valence-electron chi connectivity index (χ2n) is 5.55. The van der Waals surface area contributed by atoms with Crippen molar-refractivity contribution in [1.29, 1.82) is 0 Å². The lowest BCUT2D eigenvalue weighted by atomic mass is 9.91. The highest BCUT2D eigenvalue weighted by Crippen LogP contribution is 2.34. The average Bonchev–Trinajstić information content (AvgIpc) is 2.97. The third-order valence-electron chi connectivity index (χ3n) is 4.33. The van der Waals surface area contributed by atoms with Gasteiger partial charge in [-0.3, -0.25) is 16.3 Å². The van der Waals surface area contributed by atoms with Gasteiger partial charge in [0, 0.05) is 23.8 Å². The number of rotatable bonds is 4. The Morgan fingerprint density at radius 2 is 2.11 bits per heavy atom. The van der Waals surface area contributed by atoms with E-state index < -0.39 is 0 Å². The van der Waals surface area contributed by atoms with Crippen LogP contribution in [0.2, 0.25) is 0 Å². The van der Waals surface area contributed by atoms with Crippen molar-refractivity contribution >= 4 is 10.8 Å². The standard InChI is InChI=1S/C16H21N3/c17-19-16(10-12-4-1-2-5-12)15-7-3-6-13-11-18-9-8-14(13)15/h3,6-9,11-12,16,19H,1-2,4-5,10,17H2. The van der Waals surface area contributed by atoms with E-state index in [0.717, 1.165) is 12.3 Å². The first-order chi connectivity index (χ1) is 9.38. The largest absolute Gasteiger partial charge is 0.271 e. The number of hydrogen-bond donors (Lipinski definition) is 2. The van der Waals surface area contributed by atoms with Crippen molar-refractivity contribution in [2.24, 2.45) is 11.8 Å². The third kappa shape index (κ3) is 2.62. The van der Waals surface area contributed by atoms with Gasteiger partial charge in [0.25, 0.3) is 0 Å². The van der Waals surface area contributed by atoms with Crippen molar-refractivity contribution in [3.8, 4) is 0 Å². The van der Waals surface area contributed by atoms with Crippen molar-refractivity contribution in [2.45, 2.75) is 38.1 Å². The molecule has 3 nitrogen and oxygen atoms in total. The normalized spacial score (nSPS) is 17.9. The SMILES string of the molecule is NNC(CC1CCCC1)c1cccc2cnccc12. The fourth-order valence-corrected chi connectivity index (χ4v) is 3.32. The molecule has 0 aliphatic heterocycles. The van der Waals surface area contributed by atoms with Gasteiger partial charge < -0.3 is 0 Å². The van der Waals surface area contributed by atoms with Gasteiger partial charge in [0.2, 0.25) is 0 Å². The maximum atomic E-state index is 5.81. The van der Waals surface area contributed by atoms with E-state index in [1.54, 1.807) is 0 Å². The van der Waals surface area contributed by atoms with Gasteiger partial charge in [0.05, 0.1) is 0 Å². The number of benzene rings is 1. The smallest absolute Gasteiger partial charge is 0.0468 e. The number of nitrogens with one attached hydrogen (secondary N) is 1. The molecule has 0 radical (unpaired) electrons. The number of hydrogen-bond acceptors (Lipinski definition) is 3. The zero-order valence-electron chi connectivity index (χ0n) is 11.2. The maximum absolute atomic E-state index is 5.81. The van der Waals surface area contributed by atoms with Crippen LogP contribution >= 0.6 is 0 Å². The van der Waals surface area contributed by atoms with Crippen LogP contribution in [0.15, 0.2) is 36.7 Å². The van der Waals surface area contributed by atoms with Crippen molar-refractivity contribution in [3.05, 3.63) is 42.2 Å². The highest BCUT2D eigenvalue weighted by atomic mass is 15.2. The summed E-state index contributed by atoms with van der Waals surface area (Å²) in [4.78, 5) is 4.19. The van der Waals surface area contributed by atoms with Gasteiger partial charge in [-0.2, -0.15) is 0 Å². The summed E-state index contributed by atoms with van der Waals surface area (Å²) in [7, 11) is 0. The minimum atomic E-state index is 0.245. The maximum Gasteiger partial charge on any atom is 0.0468 e. The molecule has 1 aromatic heterocycles. The van der Waals surface area contributed by atoms with Gasteiger partial charge in [-0.1, -0.05) is 43.9 Å². The number of pyridine rings is 1. The Labute approximate surface area is 114 Å². The Morgan fingerprint density at radius 3 is 2.89 bits per heavy atom. The summed E-state index contributed by atoms with van der Waals surface area (Å²) in [6.07, 6.45) is 10.4. The minimum absolute atomic E-state index is 0.245. The highest BCUT2D eigenvalue weighted by Gasteiger charge is 2.21. The van der Waals surface area contributed by atoms with Crippen molar-refractivity contribution < 1.29 is 0 Å². The van der Waals surface area contributed by atoms with Crippen LogP contribution in [-0.2, 0) is 0 Å². The lowest BCUT2D eigenvalue weighted by Gasteiger charge is -2.21. The molecule has 1 fully saturated rings. The Hall–Kier alpha value is -1.45. The van der Waals surface area contributed by atoms with Crippen LogP contribution in [0.5, 0.6) is 0 Å². The third-order valence-corrected chi connectivity index (χ3v) is 4.33. The molecule has 0 amide bonds. The first kappa shape index (κ1) is 12.6. The van der Waals surface area contributed by atoms with Crippen molar-refractivity contribution in [3.63, 3.8) is 0 Å². The molecule has 100 valence electrons. The Morgan fingerprint density at radius 1 is 1.26 bits per heavy atom. The molecule has 1 aliphatic rings. The number of fused-ring (bicyclic) bond motifs is 1. The average molecular weight is 255 g/mol. The molecule has 3 rings (SSSR count). The molecule has 0 bridgehead atoms. The summed E-state index contributed by atoms with van der Waals surface area (Å²) in [5.74, 6) is 6.63. The second kappa shape index (κ2) is 5.68. The molecule has 1 unspecified atom stereocenters. The molecule has 1 heterocycles. The van der Waals surface area contributed by atoms with Crippen molar-refractivity contribution in [1.82, 2.24) is 10.4 Å². The van der Waals surface area contributed by atoms with Crippen LogP contribution in [-0.4, -0.2) is 4.98 Å². The Balaban J connectivity index is 1.91. The van der Waals surface area contributed by atoms with Crippen LogP contribution in [0.1, 0.15) is 43.7 Å². The van der Waals surface area contributed by atoms with E-state index in [1.165, 1.54) is 42.0 Å². The molecule has 1 atom stereocenters. The van der Waals surface area contributed by atoms with Gasteiger partial charge in [0.1, 0.15) is 0 Å². The van der Waals surface area contributed by atoms with Crippen LogP contribution in [0.25, 0.3) is 10.8 Å². The summed E-state index contributed by atoms with van der Waals surface area (Å²) < 4.78 is 0. The summed E-state index contributed by atoms with van der Waals surface area (Å²) in [5, 5.41) is 2.45. The van der Waals surface area contributed by atoms with Crippen LogP contribution < -0.4 is 11.3 Å². The monoisotopic (exact) mass is 255 g/mol. The van der Waals surface area contributed by atoms with E-state index >= 15 is 0 Å². The van der Waals surface area contributed by atoms with Gasteiger partial charge in [-0.25, -0.2) is 0 Å². The first-order valence-corrected chi connectivity index (χ1v) is 7.17. The zero-order chi connectivity index (χ0) is 13.1. The first-order valence-electron chi connectivity index (χ1n) is 7.17. The molecule has 1 saturated carbocycles. The van der Waals surface area contributed by atoms with Gasteiger partial charge in [-0.05, 0) is 29.4 Å². The van der Waals surface area contributed by atoms with Gasteiger partial charge in [0.15, 0.2) is 0 Å². The Bertz CT molecular complexity index is 541. The highest BCUT2D eigenvalue weighted by molar-refractivity contribution is 5.85. The van der Waals surface area contributed by atoms with E-state index in [9.17, 15) is 0 Å². The predicted molar refractivity (Wildman–Crippen MR) is 78.4 cm³/mol. The molecule has 2 aromatic rings. The quantitative estimate of drug-likeness (QED) is 0.651. The summed E-state index contributed by atoms with van der Waals surface area (Å²) in [6, 6.07) is 8.72. The molecule has 1 aliphatic carbocycles. The zero-order valence-corrected chi connectivity index (χ0v) is 11.2. The van der Waals surface area contributed by atoms with E-state index in [-0.39, 0.29) is 6.04 Å². The molecule has 19 heavy (non-hydrogen) atoms. The molecule has 0 spiro atoms. The van der Waals surface area contributed by atoms with Gasteiger partial charge in [-0.15, -0.1) is 0 Å². The molecule has 1 aromatic carbocycles.